The van der Waals surface area contributed by atoms with Crippen molar-refractivity contribution < 1.29 is 13.9 Å². The molecule has 2 saturated heterocycles. The van der Waals surface area contributed by atoms with Gasteiger partial charge in [0.15, 0.2) is 5.82 Å². The Hall–Kier alpha value is -2.61. The summed E-state index contributed by atoms with van der Waals surface area (Å²) in [5.74, 6) is 0.291. The number of amides is 1. The summed E-state index contributed by atoms with van der Waals surface area (Å²) >= 11 is 0. The van der Waals surface area contributed by atoms with Gasteiger partial charge in [-0.15, -0.1) is 0 Å². The van der Waals surface area contributed by atoms with Gasteiger partial charge in [0.25, 0.3) is 5.91 Å². The Morgan fingerprint density at radius 3 is 2.81 bits per heavy atom. The van der Waals surface area contributed by atoms with Crippen LogP contribution in [0.5, 0.6) is 0 Å². The van der Waals surface area contributed by atoms with E-state index in [1.54, 1.807) is 24.5 Å². The van der Waals surface area contributed by atoms with Gasteiger partial charge in [-0.2, -0.15) is 0 Å². The van der Waals surface area contributed by atoms with E-state index in [1.165, 1.54) is 12.4 Å². The van der Waals surface area contributed by atoms with Crippen molar-refractivity contribution in [3.05, 3.63) is 48.3 Å². The number of nitrogens with zero attached hydrogens (tertiary/aromatic N) is 4. The lowest BCUT2D eigenvalue weighted by molar-refractivity contribution is -0.115. The molecule has 1 spiro atoms. The molecule has 1 amide bonds. The molecule has 0 radical (unpaired) electrons. The van der Waals surface area contributed by atoms with Crippen molar-refractivity contribution in [2.75, 3.05) is 31.1 Å². The third-order valence-electron chi connectivity index (χ3n) is 4.96. The molecule has 26 heavy (non-hydrogen) atoms. The van der Waals surface area contributed by atoms with Crippen LogP contribution < -0.4 is 10.2 Å². The van der Waals surface area contributed by atoms with Gasteiger partial charge in [-0.05, 0) is 30.9 Å². The third kappa shape index (κ3) is 3.50. The minimum atomic E-state index is -0.436. The zero-order valence-corrected chi connectivity index (χ0v) is 14.3. The van der Waals surface area contributed by atoms with Gasteiger partial charge >= 0.3 is 0 Å². The van der Waals surface area contributed by atoms with Crippen molar-refractivity contribution in [3.63, 3.8) is 0 Å². The summed E-state index contributed by atoms with van der Waals surface area (Å²) in [6.07, 6.45) is 7.47. The van der Waals surface area contributed by atoms with Gasteiger partial charge in [0.05, 0.1) is 37.7 Å². The summed E-state index contributed by atoms with van der Waals surface area (Å²) in [7, 11) is 0. The Balaban J connectivity index is 1.22. The predicted molar refractivity (Wildman–Crippen MR) is 92.2 cm³/mol. The predicted octanol–water partition coefficient (Wildman–Crippen LogP) is 1.43. The van der Waals surface area contributed by atoms with Gasteiger partial charge in [-0.3, -0.25) is 9.78 Å². The van der Waals surface area contributed by atoms with Crippen molar-refractivity contribution in [3.8, 4) is 0 Å². The smallest absolute Gasteiger partial charge is 0.252 e. The summed E-state index contributed by atoms with van der Waals surface area (Å²) in [4.78, 5) is 26.0. The van der Waals surface area contributed by atoms with Gasteiger partial charge in [0.1, 0.15) is 5.60 Å². The fourth-order valence-corrected chi connectivity index (χ4v) is 3.42. The van der Waals surface area contributed by atoms with Crippen LogP contribution in [-0.4, -0.2) is 52.7 Å². The number of nitrogens with one attached hydrogen (secondary N) is 1. The number of ether oxygens (including phenoxy) is 1. The van der Waals surface area contributed by atoms with Crippen LogP contribution in [0.3, 0.4) is 0 Å². The van der Waals surface area contributed by atoms with Crippen molar-refractivity contribution in [2.45, 2.75) is 18.4 Å². The van der Waals surface area contributed by atoms with E-state index >= 15 is 0 Å². The van der Waals surface area contributed by atoms with E-state index in [-0.39, 0.29) is 11.5 Å². The molecule has 8 heteroatoms. The zero-order valence-electron chi connectivity index (χ0n) is 14.3. The molecule has 4 heterocycles. The first-order valence-corrected chi connectivity index (χ1v) is 8.68. The van der Waals surface area contributed by atoms with E-state index in [2.05, 4.69) is 20.3 Å². The number of hydrogen-bond acceptors (Lipinski definition) is 6. The van der Waals surface area contributed by atoms with Crippen LogP contribution in [0.25, 0.3) is 0 Å². The maximum atomic E-state index is 12.9. The topological polar surface area (TPSA) is 80.2 Å². The molecule has 0 aliphatic carbocycles. The molecule has 4 rings (SSSR count). The number of carbonyl (C=O) groups excluding carboxylic acids is 1. The van der Waals surface area contributed by atoms with Crippen LogP contribution in [0.15, 0.2) is 36.9 Å². The number of aromatic nitrogens is 3. The molecular formula is C18H20FN5O2. The highest BCUT2D eigenvalue weighted by Gasteiger charge is 2.47. The van der Waals surface area contributed by atoms with Crippen LogP contribution in [0.2, 0.25) is 0 Å². The normalized spacial score (nSPS) is 21.3. The van der Waals surface area contributed by atoms with Gasteiger partial charge < -0.3 is 15.0 Å². The molecule has 1 atom stereocenters. The van der Waals surface area contributed by atoms with E-state index in [4.69, 9.17) is 4.74 Å². The van der Waals surface area contributed by atoms with Crippen LogP contribution in [-0.2, 0) is 4.74 Å². The first kappa shape index (κ1) is 16.8. The van der Waals surface area contributed by atoms with Crippen molar-refractivity contribution >= 4 is 11.9 Å². The van der Waals surface area contributed by atoms with Crippen LogP contribution in [0.1, 0.15) is 23.2 Å². The van der Waals surface area contributed by atoms with Gasteiger partial charge in [0, 0.05) is 18.9 Å². The number of anilines is 1. The lowest BCUT2D eigenvalue weighted by Gasteiger charge is -2.52. The van der Waals surface area contributed by atoms with E-state index in [0.29, 0.717) is 43.7 Å². The Labute approximate surface area is 150 Å². The second kappa shape index (κ2) is 6.95. The van der Waals surface area contributed by atoms with E-state index < -0.39 is 5.82 Å². The maximum absolute atomic E-state index is 12.9. The molecule has 0 bridgehead atoms. The molecule has 2 aromatic rings. The lowest BCUT2D eigenvalue weighted by Crippen LogP contribution is -2.65. The van der Waals surface area contributed by atoms with E-state index in [1.807, 2.05) is 4.90 Å². The SMILES string of the molecule is O=C(NCC1CCC2(CN(c3ncc(F)cn3)C2)OC1)c1cccnc1. The first-order valence-electron chi connectivity index (χ1n) is 8.68. The first-order chi connectivity index (χ1) is 12.6. The van der Waals surface area contributed by atoms with Crippen LogP contribution in [0, 0.1) is 11.7 Å². The molecular weight excluding hydrogens is 337 g/mol. The Morgan fingerprint density at radius 2 is 2.15 bits per heavy atom. The highest BCUT2D eigenvalue weighted by molar-refractivity contribution is 5.93. The number of halogens is 1. The monoisotopic (exact) mass is 357 g/mol. The van der Waals surface area contributed by atoms with E-state index in [9.17, 15) is 9.18 Å². The van der Waals surface area contributed by atoms with Crippen LogP contribution >= 0.6 is 0 Å². The molecule has 2 aliphatic heterocycles. The molecule has 0 aromatic carbocycles. The molecule has 7 nitrogen and oxygen atoms in total. The number of pyridine rings is 1. The minimum absolute atomic E-state index is 0.110. The zero-order chi connectivity index (χ0) is 18.0. The fraction of sp³-hybridized carbons (Fsp3) is 0.444. The van der Waals surface area contributed by atoms with Crippen LogP contribution in [0.4, 0.5) is 10.3 Å². The Morgan fingerprint density at radius 1 is 1.35 bits per heavy atom. The lowest BCUT2D eigenvalue weighted by atomic mass is 9.83. The Bertz CT molecular complexity index is 755. The largest absolute Gasteiger partial charge is 0.371 e. The molecule has 2 aromatic heterocycles. The molecule has 2 fully saturated rings. The Kier molecular flexibility index (Phi) is 4.50. The highest BCUT2D eigenvalue weighted by atomic mass is 19.1. The van der Waals surface area contributed by atoms with Crippen molar-refractivity contribution in [1.29, 1.82) is 0 Å². The van der Waals surface area contributed by atoms with Gasteiger partial charge in [0.2, 0.25) is 5.95 Å². The summed E-state index contributed by atoms with van der Waals surface area (Å²) in [6.45, 7) is 2.64. The molecule has 2 aliphatic rings. The second-order valence-electron chi connectivity index (χ2n) is 6.91. The molecule has 136 valence electrons. The standard InChI is InChI=1S/C18H20FN5O2/c19-15-8-22-17(23-9-15)24-11-18(12-24)4-3-13(10-26-18)6-21-16(25)14-2-1-5-20-7-14/h1-2,5,7-9,13H,3-4,6,10-12H2,(H,21,25). The molecule has 1 N–H and O–H groups in total. The quantitative estimate of drug-likeness (QED) is 0.892. The fourth-order valence-electron chi connectivity index (χ4n) is 3.42. The average Bonchev–Trinajstić information content (AvgIpc) is 2.66. The van der Waals surface area contributed by atoms with Crippen molar-refractivity contribution in [2.24, 2.45) is 5.92 Å². The molecule has 0 saturated carbocycles. The summed E-state index contributed by atoms with van der Waals surface area (Å²) in [5, 5.41) is 2.95. The maximum Gasteiger partial charge on any atom is 0.252 e. The number of rotatable bonds is 4. The minimum Gasteiger partial charge on any atom is -0.371 e. The summed E-state index contributed by atoms with van der Waals surface area (Å²) < 4.78 is 19.0. The average molecular weight is 357 g/mol. The number of carbonyl (C=O) groups is 1. The summed E-state index contributed by atoms with van der Waals surface area (Å²) in [5.41, 5.74) is 0.399. The van der Waals surface area contributed by atoms with Gasteiger partial charge in [-0.1, -0.05) is 0 Å². The van der Waals surface area contributed by atoms with Crippen molar-refractivity contribution in [1.82, 2.24) is 20.3 Å². The highest BCUT2D eigenvalue weighted by Crippen LogP contribution is 2.37. The number of hydrogen-bond donors (Lipinski definition) is 1. The van der Waals surface area contributed by atoms with E-state index in [0.717, 1.165) is 12.8 Å². The van der Waals surface area contributed by atoms with Gasteiger partial charge in [-0.25, -0.2) is 14.4 Å². The summed E-state index contributed by atoms with van der Waals surface area (Å²) in [6, 6.07) is 3.49. The molecule has 1 unspecified atom stereocenters. The second-order valence-corrected chi connectivity index (χ2v) is 6.91. The third-order valence-corrected chi connectivity index (χ3v) is 4.96.